The SMILES string of the molecule is COc1nc(OC)nc([N+](C)(C)Cc2ccccc2)n1. The minimum absolute atomic E-state index is 0.256. The summed E-state index contributed by atoms with van der Waals surface area (Å²) in [5.41, 5.74) is 1.20. The van der Waals surface area contributed by atoms with Gasteiger partial charge in [0, 0.05) is 5.56 Å². The molecule has 1 aromatic heterocycles. The Kier molecular flexibility index (Phi) is 4.14. The third kappa shape index (κ3) is 3.21. The third-order valence-corrected chi connectivity index (χ3v) is 2.91. The zero-order valence-corrected chi connectivity index (χ0v) is 12.2. The molecule has 0 saturated carbocycles. The van der Waals surface area contributed by atoms with Crippen molar-refractivity contribution in [3.63, 3.8) is 0 Å². The van der Waals surface area contributed by atoms with E-state index in [1.165, 1.54) is 19.8 Å². The molecule has 0 aliphatic carbocycles. The van der Waals surface area contributed by atoms with Crippen LogP contribution in [0.3, 0.4) is 0 Å². The van der Waals surface area contributed by atoms with E-state index in [9.17, 15) is 0 Å². The average molecular weight is 275 g/mol. The van der Waals surface area contributed by atoms with Crippen molar-refractivity contribution in [1.29, 1.82) is 0 Å². The van der Waals surface area contributed by atoms with Crippen LogP contribution in [0.1, 0.15) is 5.56 Å². The smallest absolute Gasteiger partial charge is 0.338 e. The van der Waals surface area contributed by atoms with Crippen molar-refractivity contribution in [2.45, 2.75) is 6.54 Å². The van der Waals surface area contributed by atoms with Crippen molar-refractivity contribution < 1.29 is 9.47 Å². The maximum atomic E-state index is 5.09. The molecule has 6 nitrogen and oxygen atoms in total. The molecule has 2 aromatic rings. The molecular weight excluding hydrogens is 256 g/mol. The molecule has 0 aliphatic rings. The van der Waals surface area contributed by atoms with Crippen molar-refractivity contribution in [2.75, 3.05) is 28.3 Å². The maximum Gasteiger partial charge on any atom is 0.338 e. The summed E-state index contributed by atoms with van der Waals surface area (Å²) in [4.78, 5) is 12.6. The molecule has 106 valence electrons. The number of ether oxygens (including phenoxy) is 2. The summed E-state index contributed by atoms with van der Waals surface area (Å²) in [6.07, 6.45) is 0. The highest BCUT2D eigenvalue weighted by molar-refractivity contribution is 5.29. The third-order valence-electron chi connectivity index (χ3n) is 2.91. The van der Waals surface area contributed by atoms with Crippen molar-refractivity contribution in [1.82, 2.24) is 19.4 Å². The second kappa shape index (κ2) is 5.83. The number of quaternary nitrogens is 1. The van der Waals surface area contributed by atoms with Gasteiger partial charge in [-0.15, -0.1) is 15.0 Å². The van der Waals surface area contributed by atoms with E-state index in [-0.39, 0.29) is 12.0 Å². The number of rotatable bonds is 5. The van der Waals surface area contributed by atoms with E-state index in [1.54, 1.807) is 0 Å². The van der Waals surface area contributed by atoms with E-state index in [4.69, 9.17) is 9.47 Å². The van der Waals surface area contributed by atoms with Crippen LogP contribution in [0.5, 0.6) is 12.0 Å². The summed E-state index contributed by atoms with van der Waals surface area (Å²) < 4.78 is 10.7. The minimum atomic E-state index is 0.256. The van der Waals surface area contributed by atoms with Crippen LogP contribution in [0.25, 0.3) is 0 Å². The standard InChI is InChI=1S/C14H19N4O2/c1-18(2,10-11-8-6-5-7-9-11)12-15-13(19-3)17-14(16-12)20-4/h5-9H,10H2,1-4H3/q+1. The lowest BCUT2D eigenvalue weighted by atomic mass is 10.2. The Balaban J connectivity index is 2.33. The minimum Gasteiger partial charge on any atom is -0.466 e. The lowest BCUT2D eigenvalue weighted by Gasteiger charge is -2.26. The Labute approximate surface area is 118 Å². The van der Waals surface area contributed by atoms with E-state index >= 15 is 0 Å². The summed E-state index contributed by atoms with van der Waals surface area (Å²) in [5.74, 6) is 0.595. The first-order valence-corrected chi connectivity index (χ1v) is 6.26. The summed E-state index contributed by atoms with van der Waals surface area (Å²) >= 11 is 0. The molecule has 0 N–H and O–H groups in total. The molecule has 0 radical (unpaired) electrons. The lowest BCUT2D eigenvalue weighted by molar-refractivity contribution is 0.314. The molecule has 20 heavy (non-hydrogen) atoms. The molecule has 0 unspecified atom stereocenters. The first-order chi connectivity index (χ1) is 9.55. The molecule has 0 aliphatic heterocycles. The maximum absolute atomic E-state index is 5.09. The number of aromatic nitrogens is 3. The fourth-order valence-electron chi connectivity index (χ4n) is 1.89. The van der Waals surface area contributed by atoms with Crippen LogP contribution in [0.15, 0.2) is 30.3 Å². The molecule has 1 heterocycles. The zero-order valence-electron chi connectivity index (χ0n) is 12.2. The first kappa shape index (κ1) is 14.2. The van der Waals surface area contributed by atoms with Gasteiger partial charge >= 0.3 is 18.0 Å². The number of nitrogens with zero attached hydrogens (tertiary/aromatic N) is 4. The highest BCUT2D eigenvalue weighted by atomic mass is 16.5. The van der Waals surface area contributed by atoms with Gasteiger partial charge in [0.15, 0.2) is 0 Å². The topological polar surface area (TPSA) is 57.1 Å². The molecule has 0 fully saturated rings. The monoisotopic (exact) mass is 275 g/mol. The van der Waals surface area contributed by atoms with Gasteiger partial charge in [-0.05, 0) is 0 Å². The molecule has 0 spiro atoms. The molecule has 0 bridgehead atoms. The van der Waals surface area contributed by atoms with Crippen LogP contribution in [-0.2, 0) is 6.54 Å². The van der Waals surface area contributed by atoms with Crippen LogP contribution in [0.2, 0.25) is 0 Å². The number of hydrogen-bond acceptors (Lipinski definition) is 5. The van der Waals surface area contributed by atoms with Crippen LogP contribution >= 0.6 is 0 Å². The van der Waals surface area contributed by atoms with Crippen LogP contribution in [0, 0.1) is 0 Å². The van der Waals surface area contributed by atoms with Gasteiger partial charge in [-0.2, -0.15) is 0 Å². The van der Waals surface area contributed by atoms with Crippen LogP contribution in [0.4, 0.5) is 5.95 Å². The van der Waals surface area contributed by atoms with Crippen molar-refractivity contribution in [3.8, 4) is 12.0 Å². The van der Waals surface area contributed by atoms with Gasteiger partial charge in [-0.25, -0.2) is 0 Å². The predicted octanol–water partition coefficient (Wildman–Crippen LogP) is 1.66. The Bertz CT molecular complexity index is 550. The normalized spacial score (nSPS) is 11.2. The van der Waals surface area contributed by atoms with Gasteiger partial charge in [0.2, 0.25) is 0 Å². The molecular formula is C14H19N4O2+. The van der Waals surface area contributed by atoms with E-state index in [1.807, 2.05) is 32.3 Å². The lowest BCUT2D eigenvalue weighted by Crippen LogP contribution is -2.41. The van der Waals surface area contributed by atoms with Crippen molar-refractivity contribution >= 4 is 5.95 Å². The molecule has 6 heteroatoms. The van der Waals surface area contributed by atoms with Crippen LogP contribution in [-0.4, -0.2) is 43.3 Å². The molecule has 0 saturated heterocycles. The van der Waals surface area contributed by atoms with E-state index < -0.39 is 0 Å². The highest BCUT2D eigenvalue weighted by Gasteiger charge is 2.26. The predicted molar refractivity (Wildman–Crippen MR) is 76.7 cm³/mol. The van der Waals surface area contributed by atoms with E-state index in [0.717, 1.165) is 6.54 Å². The van der Waals surface area contributed by atoms with Crippen molar-refractivity contribution in [3.05, 3.63) is 35.9 Å². The Morgan fingerprint density at radius 2 is 1.45 bits per heavy atom. The van der Waals surface area contributed by atoms with Gasteiger partial charge in [-0.3, -0.25) is 4.48 Å². The fourth-order valence-corrected chi connectivity index (χ4v) is 1.89. The van der Waals surface area contributed by atoms with Gasteiger partial charge < -0.3 is 9.47 Å². The number of benzene rings is 1. The molecule has 2 rings (SSSR count). The zero-order chi connectivity index (χ0) is 14.6. The van der Waals surface area contributed by atoms with Gasteiger partial charge in [0.05, 0.1) is 28.3 Å². The molecule has 0 amide bonds. The van der Waals surface area contributed by atoms with Gasteiger partial charge in [-0.1, -0.05) is 30.3 Å². The van der Waals surface area contributed by atoms with E-state index in [0.29, 0.717) is 10.4 Å². The summed E-state index contributed by atoms with van der Waals surface area (Å²) in [6, 6.07) is 10.7. The summed E-state index contributed by atoms with van der Waals surface area (Å²) in [5, 5.41) is 0. The Morgan fingerprint density at radius 3 is 1.95 bits per heavy atom. The van der Waals surface area contributed by atoms with E-state index in [2.05, 4.69) is 27.1 Å². The van der Waals surface area contributed by atoms with Gasteiger partial charge in [0.25, 0.3) is 0 Å². The second-order valence-corrected chi connectivity index (χ2v) is 4.94. The Hall–Kier alpha value is -2.21. The molecule has 1 aromatic carbocycles. The summed E-state index contributed by atoms with van der Waals surface area (Å²) in [7, 11) is 7.11. The average Bonchev–Trinajstić information content (AvgIpc) is 2.47. The van der Waals surface area contributed by atoms with Gasteiger partial charge in [0.1, 0.15) is 6.54 Å². The highest BCUT2D eigenvalue weighted by Crippen LogP contribution is 2.21. The second-order valence-electron chi connectivity index (χ2n) is 4.94. The largest absolute Gasteiger partial charge is 0.466 e. The number of methoxy groups -OCH3 is 2. The Morgan fingerprint density at radius 1 is 0.900 bits per heavy atom. The fraction of sp³-hybridized carbons (Fsp3) is 0.357. The van der Waals surface area contributed by atoms with Crippen molar-refractivity contribution in [2.24, 2.45) is 0 Å². The number of hydrogen-bond donors (Lipinski definition) is 0. The first-order valence-electron chi connectivity index (χ1n) is 6.26. The summed E-state index contributed by atoms with van der Waals surface area (Å²) in [6.45, 7) is 0.761. The molecule has 0 atom stereocenters. The van der Waals surface area contributed by atoms with Crippen LogP contribution < -0.4 is 14.0 Å². The quantitative estimate of drug-likeness (QED) is 0.777.